The normalized spacial score (nSPS) is 25.7. The highest BCUT2D eigenvalue weighted by Crippen LogP contribution is 2.34. The third-order valence-corrected chi connectivity index (χ3v) is 4.53. The average molecular weight is 342 g/mol. The molecule has 3 heteroatoms. The quantitative estimate of drug-likeness (QED) is 0.832. The van der Waals surface area contributed by atoms with E-state index in [0.29, 0.717) is 0 Å². The summed E-state index contributed by atoms with van der Waals surface area (Å²) in [7, 11) is 0. The van der Waals surface area contributed by atoms with Crippen LogP contribution in [-0.4, -0.2) is 25.7 Å². The lowest BCUT2D eigenvalue weighted by Crippen LogP contribution is -2.39. The Morgan fingerprint density at radius 1 is 1.18 bits per heavy atom. The molecule has 1 aliphatic heterocycles. The van der Waals surface area contributed by atoms with Gasteiger partial charge in [-0.3, -0.25) is 0 Å². The van der Waals surface area contributed by atoms with Crippen LogP contribution < -0.4 is 10.2 Å². The molecule has 0 aromatic heterocycles. The van der Waals surface area contributed by atoms with Gasteiger partial charge in [-0.15, -0.1) is 0 Å². The van der Waals surface area contributed by atoms with Gasteiger partial charge in [-0.05, 0) is 78.6 Å². The van der Waals surface area contributed by atoms with Gasteiger partial charge in [0.15, 0.2) is 0 Å². The van der Waals surface area contributed by atoms with E-state index in [1.807, 2.05) is 0 Å². The standard InChI is InChI=1S/C14H19IN2/c15-12-4-6-13(7-5-12)17-9-1-8-16-14(10-17)11-2-3-11/h4-7,11,14,16H,1-3,8-10H2. The molecule has 1 saturated heterocycles. The number of nitrogens with zero attached hydrogens (tertiary/aromatic N) is 1. The van der Waals surface area contributed by atoms with Crippen molar-refractivity contribution in [3.63, 3.8) is 0 Å². The Bertz CT molecular complexity index is 372. The number of anilines is 1. The zero-order valence-corrected chi connectivity index (χ0v) is 12.2. The molecule has 1 aliphatic carbocycles. The van der Waals surface area contributed by atoms with Gasteiger partial charge in [0.05, 0.1) is 0 Å². The Morgan fingerprint density at radius 2 is 1.94 bits per heavy atom. The largest absolute Gasteiger partial charge is 0.370 e. The van der Waals surface area contributed by atoms with E-state index in [0.717, 1.165) is 12.0 Å². The van der Waals surface area contributed by atoms with Gasteiger partial charge < -0.3 is 10.2 Å². The van der Waals surface area contributed by atoms with E-state index in [9.17, 15) is 0 Å². The molecule has 2 aliphatic rings. The predicted octanol–water partition coefficient (Wildman–Crippen LogP) is 2.87. The van der Waals surface area contributed by atoms with Gasteiger partial charge in [0.1, 0.15) is 0 Å². The molecule has 17 heavy (non-hydrogen) atoms. The van der Waals surface area contributed by atoms with Crippen molar-refractivity contribution < 1.29 is 0 Å². The lowest BCUT2D eigenvalue weighted by molar-refractivity contribution is 0.490. The van der Waals surface area contributed by atoms with Crippen molar-refractivity contribution in [2.45, 2.75) is 25.3 Å². The molecule has 1 aromatic rings. The van der Waals surface area contributed by atoms with E-state index in [1.165, 1.54) is 48.2 Å². The van der Waals surface area contributed by atoms with Crippen molar-refractivity contribution in [1.29, 1.82) is 0 Å². The Balaban J connectivity index is 1.73. The van der Waals surface area contributed by atoms with Crippen molar-refractivity contribution >= 4 is 28.3 Å². The third-order valence-electron chi connectivity index (χ3n) is 3.81. The number of halogens is 1. The molecule has 1 unspecified atom stereocenters. The lowest BCUT2D eigenvalue weighted by atomic mass is 10.1. The molecule has 0 radical (unpaired) electrons. The summed E-state index contributed by atoms with van der Waals surface area (Å²) in [4.78, 5) is 2.55. The SMILES string of the molecule is Ic1ccc(N2CCCNC(C3CC3)C2)cc1. The first kappa shape index (κ1) is 11.8. The molecule has 0 bridgehead atoms. The fourth-order valence-electron chi connectivity index (χ4n) is 2.65. The van der Waals surface area contributed by atoms with Gasteiger partial charge >= 0.3 is 0 Å². The van der Waals surface area contributed by atoms with Crippen LogP contribution in [0.25, 0.3) is 0 Å². The maximum absolute atomic E-state index is 3.71. The van der Waals surface area contributed by atoms with E-state index >= 15 is 0 Å². The fourth-order valence-corrected chi connectivity index (χ4v) is 3.01. The van der Waals surface area contributed by atoms with Crippen LogP contribution in [0.5, 0.6) is 0 Å². The lowest BCUT2D eigenvalue weighted by Gasteiger charge is -2.26. The van der Waals surface area contributed by atoms with Crippen LogP contribution in [-0.2, 0) is 0 Å². The van der Waals surface area contributed by atoms with Crippen molar-refractivity contribution in [3.8, 4) is 0 Å². The number of hydrogen-bond donors (Lipinski definition) is 1. The predicted molar refractivity (Wildman–Crippen MR) is 80.5 cm³/mol. The van der Waals surface area contributed by atoms with Gasteiger partial charge in [0.2, 0.25) is 0 Å². The summed E-state index contributed by atoms with van der Waals surface area (Å²) in [6, 6.07) is 9.66. The van der Waals surface area contributed by atoms with Crippen LogP contribution in [0.4, 0.5) is 5.69 Å². The summed E-state index contributed by atoms with van der Waals surface area (Å²) >= 11 is 2.37. The van der Waals surface area contributed by atoms with Gasteiger partial charge in [-0.25, -0.2) is 0 Å². The highest BCUT2D eigenvalue weighted by atomic mass is 127. The van der Waals surface area contributed by atoms with Gasteiger partial charge in [0, 0.05) is 28.4 Å². The average Bonchev–Trinajstić information content (AvgIpc) is 3.16. The molecule has 1 aromatic carbocycles. The van der Waals surface area contributed by atoms with E-state index in [2.05, 4.69) is 57.1 Å². The molecule has 3 rings (SSSR count). The van der Waals surface area contributed by atoms with E-state index in [1.54, 1.807) is 0 Å². The third kappa shape index (κ3) is 2.94. The zero-order valence-electron chi connectivity index (χ0n) is 10.0. The fraction of sp³-hybridized carbons (Fsp3) is 0.571. The molecular formula is C14H19IN2. The highest BCUT2D eigenvalue weighted by molar-refractivity contribution is 14.1. The maximum atomic E-state index is 3.71. The summed E-state index contributed by atoms with van der Waals surface area (Å²) in [5.41, 5.74) is 1.39. The first-order valence-electron chi connectivity index (χ1n) is 6.57. The van der Waals surface area contributed by atoms with Crippen LogP contribution in [0.15, 0.2) is 24.3 Å². The molecule has 1 atom stereocenters. The minimum Gasteiger partial charge on any atom is -0.370 e. The second kappa shape index (κ2) is 5.14. The maximum Gasteiger partial charge on any atom is 0.0367 e. The van der Waals surface area contributed by atoms with E-state index in [4.69, 9.17) is 0 Å². The number of rotatable bonds is 2. The van der Waals surface area contributed by atoms with Crippen LogP contribution in [0.2, 0.25) is 0 Å². The summed E-state index contributed by atoms with van der Waals surface area (Å²) in [5, 5.41) is 3.71. The van der Waals surface area contributed by atoms with Crippen molar-refractivity contribution in [1.82, 2.24) is 5.32 Å². The smallest absolute Gasteiger partial charge is 0.0367 e. The first-order valence-corrected chi connectivity index (χ1v) is 7.65. The van der Waals surface area contributed by atoms with Crippen LogP contribution in [0, 0.1) is 9.49 Å². The van der Waals surface area contributed by atoms with Crippen molar-refractivity contribution in [2.75, 3.05) is 24.5 Å². The Morgan fingerprint density at radius 3 is 2.65 bits per heavy atom. The molecule has 1 N–H and O–H groups in total. The summed E-state index contributed by atoms with van der Waals surface area (Å²) in [5.74, 6) is 0.944. The van der Waals surface area contributed by atoms with E-state index in [-0.39, 0.29) is 0 Å². The zero-order chi connectivity index (χ0) is 11.7. The van der Waals surface area contributed by atoms with Gasteiger partial charge in [-0.2, -0.15) is 0 Å². The Labute approximate surface area is 117 Å². The summed E-state index contributed by atoms with van der Waals surface area (Å²) in [6.07, 6.45) is 4.12. The van der Waals surface area contributed by atoms with E-state index < -0.39 is 0 Å². The Kier molecular flexibility index (Phi) is 3.56. The number of nitrogens with one attached hydrogen (secondary N) is 1. The van der Waals surface area contributed by atoms with Crippen LogP contribution >= 0.6 is 22.6 Å². The molecule has 2 nitrogen and oxygen atoms in total. The first-order chi connectivity index (χ1) is 8.33. The summed E-state index contributed by atoms with van der Waals surface area (Å²) in [6.45, 7) is 3.56. The van der Waals surface area contributed by atoms with Crippen molar-refractivity contribution in [3.05, 3.63) is 27.8 Å². The molecule has 0 amide bonds. The number of benzene rings is 1. The second-order valence-corrected chi connectivity index (χ2v) is 6.42. The number of hydrogen-bond acceptors (Lipinski definition) is 2. The Hall–Kier alpha value is -0.290. The molecule has 1 heterocycles. The summed E-state index contributed by atoms with van der Waals surface area (Å²) < 4.78 is 1.32. The molecular weight excluding hydrogens is 323 g/mol. The van der Waals surface area contributed by atoms with Crippen molar-refractivity contribution in [2.24, 2.45) is 5.92 Å². The van der Waals surface area contributed by atoms with Gasteiger partial charge in [-0.1, -0.05) is 0 Å². The monoisotopic (exact) mass is 342 g/mol. The molecule has 92 valence electrons. The minimum atomic E-state index is 0.719. The topological polar surface area (TPSA) is 15.3 Å². The highest BCUT2D eigenvalue weighted by Gasteiger charge is 2.33. The minimum absolute atomic E-state index is 0.719. The molecule has 2 fully saturated rings. The van der Waals surface area contributed by atoms with Crippen LogP contribution in [0.1, 0.15) is 19.3 Å². The molecule has 1 saturated carbocycles. The van der Waals surface area contributed by atoms with Crippen LogP contribution in [0.3, 0.4) is 0 Å². The van der Waals surface area contributed by atoms with Gasteiger partial charge in [0.25, 0.3) is 0 Å². The molecule has 0 spiro atoms. The second-order valence-electron chi connectivity index (χ2n) is 5.17.